The van der Waals surface area contributed by atoms with Crippen molar-refractivity contribution in [3.05, 3.63) is 24.3 Å². The van der Waals surface area contributed by atoms with Gasteiger partial charge in [-0.3, -0.25) is 9.78 Å². The second kappa shape index (κ2) is 5.70. The van der Waals surface area contributed by atoms with Crippen LogP contribution in [0.25, 0.3) is 0 Å². The fourth-order valence-corrected chi connectivity index (χ4v) is 0.899. The van der Waals surface area contributed by atoms with E-state index in [-0.39, 0.29) is 5.91 Å². The van der Waals surface area contributed by atoms with Crippen molar-refractivity contribution in [3.8, 4) is 12.3 Å². The van der Waals surface area contributed by atoms with Crippen LogP contribution in [0.15, 0.2) is 18.6 Å². The van der Waals surface area contributed by atoms with Gasteiger partial charge in [0.15, 0.2) is 0 Å². The second-order valence-electron chi connectivity index (χ2n) is 2.65. The quantitative estimate of drug-likeness (QED) is 0.558. The van der Waals surface area contributed by atoms with Gasteiger partial charge in [-0.15, -0.1) is 12.3 Å². The van der Waals surface area contributed by atoms with E-state index in [2.05, 4.69) is 21.2 Å². The number of nitrogens with one attached hydrogen (secondary N) is 1. The van der Waals surface area contributed by atoms with Crippen molar-refractivity contribution in [1.29, 1.82) is 0 Å². The SMILES string of the molecule is C#CCCCNC(=O)c1cnccn1. The molecule has 0 saturated heterocycles. The minimum absolute atomic E-state index is 0.213. The van der Waals surface area contributed by atoms with Crippen LogP contribution in [0.5, 0.6) is 0 Å². The number of rotatable bonds is 4. The van der Waals surface area contributed by atoms with E-state index in [0.717, 1.165) is 6.42 Å². The van der Waals surface area contributed by atoms with E-state index < -0.39 is 0 Å². The number of carbonyl (C=O) groups excluding carboxylic acids is 1. The number of unbranched alkanes of at least 4 members (excludes halogenated alkanes) is 1. The topological polar surface area (TPSA) is 54.9 Å². The van der Waals surface area contributed by atoms with Crippen molar-refractivity contribution in [2.24, 2.45) is 0 Å². The summed E-state index contributed by atoms with van der Waals surface area (Å²) >= 11 is 0. The molecule has 0 aliphatic carbocycles. The monoisotopic (exact) mass is 189 g/mol. The van der Waals surface area contributed by atoms with Crippen molar-refractivity contribution in [3.63, 3.8) is 0 Å². The van der Waals surface area contributed by atoms with Gasteiger partial charge in [0.1, 0.15) is 5.69 Å². The molecule has 1 heterocycles. The number of carbonyl (C=O) groups is 1. The highest BCUT2D eigenvalue weighted by molar-refractivity contribution is 5.91. The highest BCUT2D eigenvalue weighted by Gasteiger charge is 2.04. The number of hydrogen-bond acceptors (Lipinski definition) is 3. The Kier molecular flexibility index (Phi) is 4.15. The molecule has 0 saturated carbocycles. The van der Waals surface area contributed by atoms with Gasteiger partial charge in [0.2, 0.25) is 0 Å². The lowest BCUT2D eigenvalue weighted by Gasteiger charge is -2.01. The molecule has 4 heteroatoms. The zero-order valence-electron chi connectivity index (χ0n) is 7.73. The van der Waals surface area contributed by atoms with Gasteiger partial charge in [-0.1, -0.05) is 0 Å². The molecule has 1 aromatic heterocycles. The van der Waals surface area contributed by atoms with Crippen molar-refractivity contribution in [2.75, 3.05) is 6.54 Å². The molecule has 0 bridgehead atoms. The minimum Gasteiger partial charge on any atom is -0.351 e. The lowest BCUT2D eigenvalue weighted by molar-refractivity contribution is 0.0948. The first-order chi connectivity index (χ1) is 6.84. The maximum atomic E-state index is 11.3. The number of amides is 1. The number of aromatic nitrogens is 2. The molecule has 0 aliphatic rings. The van der Waals surface area contributed by atoms with Crippen LogP contribution in [-0.4, -0.2) is 22.4 Å². The largest absolute Gasteiger partial charge is 0.351 e. The van der Waals surface area contributed by atoms with E-state index in [9.17, 15) is 4.79 Å². The summed E-state index contributed by atoms with van der Waals surface area (Å²) in [5, 5.41) is 2.70. The van der Waals surface area contributed by atoms with Gasteiger partial charge in [-0.2, -0.15) is 0 Å². The molecule has 0 spiro atoms. The van der Waals surface area contributed by atoms with E-state index in [1.807, 2.05) is 0 Å². The van der Waals surface area contributed by atoms with Gasteiger partial charge < -0.3 is 5.32 Å². The Bertz CT molecular complexity index is 329. The Hall–Kier alpha value is -1.89. The average molecular weight is 189 g/mol. The second-order valence-corrected chi connectivity index (χ2v) is 2.65. The smallest absolute Gasteiger partial charge is 0.271 e. The maximum absolute atomic E-state index is 11.3. The molecule has 1 rings (SSSR count). The van der Waals surface area contributed by atoms with Crippen LogP contribution in [0.3, 0.4) is 0 Å². The van der Waals surface area contributed by atoms with Crippen molar-refractivity contribution in [1.82, 2.24) is 15.3 Å². The first-order valence-corrected chi connectivity index (χ1v) is 4.32. The van der Waals surface area contributed by atoms with Gasteiger partial charge in [0.25, 0.3) is 5.91 Å². The first-order valence-electron chi connectivity index (χ1n) is 4.32. The summed E-state index contributed by atoms with van der Waals surface area (Å²) in [6, 6.07) is 0. The maximum Gasteiger partial charge on any atom is 0.271 e. The molecule has 0 unspecified atom stereocenters. The van der Waals surface area contributed by atoms with Crippen molar-refractivity contribution < 1.29 is 4.79 Å². The molecule has 1 amide bonds. The summed E-state index contributed by atoms with van der Waals surface area (Å²) in [7, 11) is 0. The lowest BCUT2D eigenvalue weighted by Crippen LogP contribution is -2.25. The fourth-order valence-electron chi connectivity index (χ4n) is 0.899. The molecule has 0 radical (unpaired) electrons. The van der Waals surface area contributed by atoms with Crippen molar-refractivity contribution >= 4 is 5.91 Å². The number of nitrogens with zero attached hydrogens (tertiary/aromatic N) is 2. The summed E-state index contributed by atoms with van der Waals surface area (Å²) in [6.45, 7) is 0.569. The predicted octanol–water partition coefficient (Wildman–Crippen LogP) is 0.620. The summed E-state index contributed by atoms with van der Waals surface area (Å²) in [5.74, 6) is 2.29. The van der Waals surface area contributed by atoms with Crippen LogP contribution in [-0.2, 0) is 0 Å². The lowest BCUT2D eigenvalue weighted by atomic mass is 10.3. The van der Waals surface area contributed by atoms with Crippen LogP contribution >= 0.6 is 0 Å². The Labute approximate surface area is 82.8 Å². The van der Waals surface area contributed by atoms with E-state index in [4.69, 9.17) is 6.42 Å². The standard InChI is InChI=1S/C10H11N3O/c1-2-3-4-5-13-10(14)9-8-11-6-7-12-9/h1,6-8H,3-5H2,(H,13,14). The van der Waals surface area contributed by atoms with Crippen LogP contribution < -0.4 is 5.32 Å². The Morgan fingerprint density at radius 3 is 3.07 bits per heavy atom. The average Bonchev–Trinajstić information content (AvgIpc) is 2.25. The predicted molar refractivity (Wildman–Crippen MR) is 52.4 cm³/mol. The summed E-state index contributed by atoms with van der Waals surface area (Å²) in [6.07, 6.45) is 11.0. The van der Waals surface area contributed by atoms with Gasteiger partial charge >= 0.3 is 0 Å². The Morgan fingerprint density at radius 2 is 2.43 bits per heavy atom. The van der Waals surface area contributed by atoms with Crippen LogP contribution in [0.2, 0.25) is 0 Å². The highest BCUT2D eigenvalue weighted by Crippen LogP contribution is 1.90. The molecule has 0 atom stereocenters. The molecule has 1 N–H and O–H groups in total. The van der Waals surface area contributed by atoms with Gasteiger partial charge in [0, 0.05) is 25.4 Å². The zero-order valence-corrected chi connectivity index (χ0v) is 7.73. The van der Waals surface area contributed by atoms with Crippen LogP contribution in [0.4, 0.5) is 0 Å². The molecule has 14 heavy (non-hydrogen) atoms. The molecule has 4 nitrogen and oxygen atoms in total. The highest BCUT2D eigenvalue weighted by atomic mass is 16.1. The molecular weight excluding hydrogens is 178 g/mol. The molecule has 0 fully saturated rings. The van der Waals surface area contributed by atoms with E-state index in [1.54, 1.807) is 0 Å². The molecule has 0 aliphatic heterocycles. The number of terminal acetylenes is 1. The third-order valence-electron chi connectivity index (χ3n) is 1.58. The molecular formula is C10H11N3O. The first kappa shape index (κ1) is 10.2. The Balaban J connectivity index is 2.33. The summed E-state index contributed by atoms with van der Waals surface area (Å²) < 4.78 is 0. The van der Waals surface area contributed by atoms with Gasteiger partial charge in [-0.25, -0.2) is 4.98 Å². The van der Waals surface area contributed by atoms with Crippen LogP contribution in [0.1, 0.15) is 23.3 Å². The van der Waals surface area contributed by atoms with E-state index in [1.165, 1.54) is 18.6 Å². The fraction of sp³-hybridized carbons (Fsp3) is 0.300. The third-order valence-corrected chi connectivity index (χ3v) is 1.58. The molecule has 0 aromatic carbocycles. The molecule has 72 valence electrons. The third kappa shape index (κ3) is 3.23. The zero-order chi connectivity index (χ0) is 10.2. The van der Waals surface area contributed by atoms with Crippen LogP contribution in [0, 0.1) is 12.3 Å². The minimum atomic E-state index is -0.213. The van der Waals surface area contributed by atoms with Gasteiger partial charge in [-0.05, 0) is 6.42 Å². The Morgan fingerprint density at radius 1 is 1.57 bits per heavy atom. The van der Waals surface area contributed by atoms with Gasteiger partial charge in [0.05, 0.1) is 6.20 Å². The normalized spacial score (nSPS) is 9.07. The summed E-state index contributed by atoms with van der Waals surface area (Å²) in [5.41, 5.74) is 0.327. The number of hydrogen-bond donors (Lipinski definition) is 1. The molecule has 1 aromatic rings. The summed E-state index contributed by atoms with van der Waals surface area (Å²) in [4.78, 5) is 19.0. The van der Waals surface area contributed by atoms with E-state index >= 15 is 0 Å². The van der Waals surface area contributed by atoms with Crippen molar-refractivity contribution in [2.45, 2.75) is 12.8 Å². The van der Waals surface area contributed by atoms with E-state index in [0.29, 0.717) is 18.7 Å².